The van der Waals surface area contributed by atoms with Crippen LogP contribution in [0.25, 0.3) is 22.3 Å². The van der Waals surface area contributed by atoms with E-state index in [1.54, 1.807) is 0 Å². The van der Waals surface area contributed by atoms with Gasteiger partial charge in [-0.2, -0.15) is 0 Å². The monoisotopic (exact) mass is 416 g/mol. The van der Waals surface area contributed by atoms with Gasteiger partial charge in [0.25, 0.3) is 0 Å². The van der Waals surface area contributed by atoms with Crippen molar-refractivity contribution < 1.29 is 18.9 Å². The van der Waals surface area contributed by atoms with E-state index in [9.17, 15) is 0 Å². The summed E-state index contributed by atoms with van der Waals surface area (Å²) < 4.78 is 22.5. The van der Waals surface area contributed by atoms with Crippen molar-refractivity contribution in [2.24, 2.45) is 0 Å². The van der Waals surface area contributed by atoms with Gasteiger partial charge in [-0.3, -0.25) is 0 Å². The SMILES string of the molecule is Cc1cc(-c2ccc(-c3ccc(OCC4OC4C)cc3)cc2)ccc1OCC1OC1C. The van der Waals surface area contributed by atoms with Crippen LogP contribution >= 0.6 is 0 Å². The largest absolute Gasteiger partial charge is 0.491 e. The van der Waals surface area contributed by atoms with Crippen LogP contribution in [0.15, 0.2) is 66.7 Å². The highest BCUT2D eigenvalue weighted by atomic mass is 16.6. The first-order valence-electron chi connectivity index (χ1n) is 10.9. The number of hydrogen-bond acceptors (Lipinski definition) is 4. The van der Waals surface area contributed by atoms with E-state index in [0.717, 1.165) is 17.1 Å². The Morgan fingerprint density at radius 2 is 1.10 bits per heavy atom. The molecule has 4 atom stereocenters. The summed E-state index contributed by atoms with van der Waals surface area (Å²) >= 11 is 0. The topological polar surface area (TPSA) is 43.5 Å². The van der Waals surface area contributed by atoms with E-state index in [0.29, 0.717) is 25.4 Å². The number of benzene rings is 3. The Kier molecular flexibility index (Phi) is 5.43. The third kappa shape index (κ3) is 4.76. The van der Waals surface area contributed by atoms with Gasteiger partial charge in [-0.15, -0.1) is 0 Å². The highest BCUT2D eigenvalue weighted by Crippen LogP contribution is 2.30. The molecule has 0 amide bonds. The molecule has 2 aliphatic rings. The van der Waals surface area contributed by atoms with Gasteiger partial charge in [0.15, 0.2) is 0 Å². The van der Waals surface area contributed by atoms with Crippen LogP contribution in [-0.4, -0.2) is 37.6 Å². The fraction of sp³-hybridized carbons (Fsp3) is 0.333. The lowest BCUT2D eigenvalue weighted by molar-refractivity contribution is 0.259. The minimum absolute atomic E-state index is 0.239. The van der Waals surface area contributed by atoms with Crippen molar-refractivity contribution in [3.8, 4) is 33.8 Å². The molecule has 4 nitrogen and oxygen atoms in total. The molecule has 0 aliphatic carbocycles. The zero-order valence-corrected chi connectivity index (χ0v) is 18.2. The van der Waals surface area contributed by atoms with Gasteiger partial charge >= 0.3 is 0 Å². The molecule has 2 aliphatic heterocycles. The summed E-state index contributed by atoms with van der Waals surface area (Å²) in [7, 11) is 0. The first-order valence-corrected chi connectivity index (χ1v) is 10.9. The lowest BCUT2D eigenvalue weighted by Crippen LogP contribution is -2.07. The minimum Gasteiger partial charge on any atom is -0.491 e. The predicted octanol–water partition coefficient (Wildman–Crippen LogP) is 5.66. The molecule has 2 saturated heterocycles. The molecular weight excluding hydrogens is 388 g/mol. The summed E-state index contributed by atoms with van der Waals surface area (Å²) in [5.41, 5.74) is 5.87. The number of aryl methyl sites for hydroxylation is 1. The summed E-state index contributed by atoms with van der Waals surface area (Å²) in [6.07, 6.45) is 1.13. The highest BCUT2D eigenvalue weighted by molar-refractivity contribution is 5.71. The van der Waals surface area contributed by atoms with Crippen LogP contribution in [-0.2, 0) is 9.47 Å². The number of ether oxygens (including phenoxy) is 4. The van der Waals surface area contributed by atoms with Crippen molar-refractivity contribution in [2.75, 3.05) is 13.2 Å². The summed E-state index contributed by atoms with van der Waals surface area (Å²) in [5, 5.41) is 0. The van der Waals surface area contributed by atoms with Crippen LogP contribution in [0.1, 0.15) is 19.4 Å². The summed E-state index contributed by atoms with van der Waals surface area (Å²) in [6.45, 7) is 7.46. The fourth-order valence-corrected chi connectivity index (χ4v) is 3.75. The molecule has 5 rings (SSSR count). The number of hydrogen-bond donors (Lipinski definition) is 0. The third-order valence-corrected chi connectivity index (χ3v) is 6.07. The molecule has 31 heavy (non-hydrogen) atoms. The van der Waals surface area contributed by atoms with Crippen molar-refractivity contribution in [3.05, 3.63) is 72.3 Å². The first-order chi connectivity index (χ1) is 15.1. The van der Waals surface area contributed by atoms with Crippen LogP contribution in [0.3, 0.4) is 0 Å². The molecule has 4 unspecified atom stereocenters. The number of rotatable bonds is 8. The summed E-state index contributed by atoms with van der Waals surface area (Å²) in [5.74, 6) is 1.80. The van der Waals surface area contributed by atoms with Gasteiger partial charge < -0.3 is 18.9 Å². The summed E-state index contributed by atoms with van der Waals surface area (Å²) in [6, 6.07) is 23.2. The quantitative estimate of drug-likeness (QED) is 0.444. The highest BCUT2D eigenvalue weighted by Gasteiger charge is 2.35. The zero-order chi connectivity index (χ0) is 21.4. The maximum Gasteiger partial charge on any atom is 0.122 e. The Hall–Kier alpha value is -2.82. The van der Waals surface area contributed by atoms with Gasteiger partial charge in [0.1, 0.15) is 36.9 Å². The maximum atomic E-state index is 5.91. The van der Waals surface area contributed by atoms with Crippen LogP contribution in [0.2, 0.25) is 0 Å². The van der Waals surface area contributed by atoms with E-state index in [4.69, 9.17) is 18.9 Å². The first kappa shape index (κ1) is 20.1. The molecule has 3 aromatic carbocycles. The summed E-state index contributed by atoms with van der Waals surface area (Å²) in [4.78, 5) is 0. The van der Waals surface area contributed by atoms with E-state index in [1.807, 2.05) is 12.1 Å². The second-order valence-corrected chi connectivity index (χ2v) is 8.46. The van der Waals surface area contributed by atoms with Crippen LogP contribution in [0, 0.1) is 6.92 Å². The normalized spacial score (nSPS) is 24.0. The second kappa shape index (κ2) is 8.37. The van der Waals surface area contributed by atoms with Crippen molar-refractivity contribution >= 4 is 0 Å². The standard InChI is InChI=1S/C27H28O4/c1-17-14-23(10-13-25(17)29-16-27-19(3)31-27)22-6-4-20(5-7-22)21-8-11-24(12-9-21)28-15-26-18(2)30-26/h4-14,18-19,26-27H,15-16H2,1-3H3. The Morgan fingerprint density at radius 3 is 1.61 bits per heavy atom. The smallest absolute Gasteiger partial charge is 0.122 e. The Bertz CT molecular complexity index is 1040. The third-order valence-electron chi connectivity index (χ3n) is 6.07. The van der Waals surface area contributed by atoms with Crippen LogP contribution < -0.4 is 9.47 Å². The van der Waals surface area contributed by atoms with Crippen molar-refractivity contribution in [2.45, 2.75) is 45.2 Å². The van der Waals surface area contributed by atoms with Gasteiger partial charge in [-0.05, 0) is 72.9 Å². The van der Waals surface area contributed by atoms with E-state index < -0.39 is 0 Å². The molecule has 0 N–H and O–H groups in total. The molecule has 0 spiro atoms. The molecule has 2 heterocycles. The maximum absolute atomic E-state index is 5.91. The lowest BCUT2D eigenvalue weighted by atomic mass is 9.99. The van der Waals surface area contributed by atoms with E-state index in [2.05, 4.69) is 75.4 Å². The fourth-order valence-electron chi connectivity index (χ4n) is 3.75. The molecule has 0 saturated carbocycles. The molecule has 0 aromatic heterocycles. The Balaban J connectivity index is 1.22. The molecule has 0 bridgehead atoms. The predicted molar refractivity (Wildman–Crippen MR) is 122 cm³/mol. The minimum atomic E-state index is 0.239. The number of epoxide rings is 2. The van der Waals surface area contributed by atoms with Crippen LogP contribution in [0.5, 0.6) is 11.5 Å². The van der Waals surface area contributed by atoms with Crippen molar-refractivity contribution in [1.29, 1.82) is 0 Å². The molecule has 160 valence electrons. The lowest BCUT2D eigenvalue weighted by Gasteiger charge is -2.11. The molecule has 4 heteroatoms. The van der Waals surface area contributed by atoms with Crippen molar-refractivity contribution in [3.63, 3.8) is 0 Å². The van der Waals surface area contributed by atoms with Gasteiger partial charge in [0, 0.05) is 0 Å². The van der Waals surface area contributed by atoms with Gasteiger partial charge in [0.2, 0.25) is 0 Å². The average Bonchev–Trinajstić information content (AvgIpc) is 3.70. The molecule has 2 fully saturated rings. The van der Waals surface area contributed by atoms with Crippen LogP contribution in [0.4, 0.5) is 0 Å². The van der Waals surface area contributed by atoms with E-state index >= 15 is 0 Å². The van der Waals surface area contributed by atoms with E-state index in [-0.39, 0.29) is 12.2 Å². The van der Waals surface area contributed by atoms with Gasteiger partial charge in [-0.25, -0.2) is 0 Å². The second-order valence-electron chi connectivity index (χ2n) is 8.46. The Labute approximate surface area is 183 Å². The Morgan fingerprint density at radius 1 is 0.645 bits per heavy atom. The van der Waals surface area contributed by atoms with E-state index in [1.165, 1.54) is 22.3 Å². The van der Waals surface area contributed by atoms with Crippen molar-refractivity contribution in [1.82, 2.24) is 0 Å². The van der Waals surface area contributed by atoms with Gasteiger partial charge in [-0.1, -0.05) is 42.5 Å². The van der Waals surface area contributed by atoms with Gasteiger partial charge in [0.05, 0.1) is 12.2 Å². The molecular formula is C27H28O4. The molecule has 0 radical (unpaired) electrons. The average molecular weight is 417 g/mol. The molecule has 3 aromatic rings. The zero-order valence-electron chi connectivity index (χ0n) is 18.2.